The number of hydrogen-bond acceptors (Lipinski definition) is 2. The second-order valence-corrected chi connectivity index (χ2v) is 6.62. The number of alkyl halides is 1. The molecule has 114 valence electrons. The molecule has 0 aliphatic heterocycles. The van der Waals surface area contributed by atoms with Crippen LogP contribution in [0.2, 0.25) is 0 Å². The molecule has 0 N–H and O–H groups in total. The largest absolute Gasteiger partial charge is 0.381 e. The number of aromatic nitrogens is 2. The third-order valence-electron chi connectivity index (χ3n) is 4.78. The minimum absolute atomic E-state index is 0.00421. The maximum atomic E-state index is 14.0. The van der Waals surface area contributed by atoms with Gasteiger partial charge in [-0.2, -0.15) is 0 Å². The predicted molar refractivity (Wildman–Crippen MR) is 82.3 cm³/mol. The Hall–Kier alpha value is -1.13. The van der Waals surface area contributed by atoms with Gasteiger partial charge in [0.15, 0.2) is 5.82 Å². The number of fused-ring (bicyclic) bond motifs is 1. The summed E-state index contributed by atoms with van der Waals surface area (Å²) in [6.07, 6.45) is 1.78. The van der Waals surface area contributed by atoms with Gasteiger partial charge < -0.3 is 9.30 Å². The number of nitrogens with zero attached hydrogens (tertiary/aromatic N) is 2. The summed E-state index contributed by atoms with van der Waals surface area (Å²) in [6, 6.07) is 5.38. The molecule has 0 radical (unpaired) electrons. The van der Waals surface area contributed by atoms with E-state index >= 15 is 0 Å². The van der Waals surface area contributed by atoms with Gasteiger partial charge in [-0.3, -0.25) is 0 Å². The van der Waals surface area contributed by atoms with Gasteiger partial charge in [0, 0.05) is 30.9 Å². The zero-order chi connectivity index (χ0) is 15.2. The summed E-state index contributed by atoms with van der Waals surface area (Å²) >= 11 is 5.90. The molecule has 5 heteroatoms. The van der Waals surface area contributed by atoms with E-state index in [1.807, 2.05) is 6.07 Å². The minimum Gasteiger partial charge on any atom is -0.381 e. The summed E-state index contributed by atoms with van der Waals surface area (Å²) in [6.45, 7) is 4.37. The van der Waals surface area contributed by atoms with Gasteiger partial charge >= 0.3 is 0 Å². The van der Waals surface area contributed by atoms with Crippen LogP contribution in [-0.4, -0.2) is 28.6 Å². The molecule has 3 rings (SSSR count). The number of halogens is 2. The Morgan fingerprint density at radius 1 is 1.48 bits per heavy atom. The topological polar surface area (TPSA) is 27.1 Å². The number of hydrogen-bond donors (Lipinski definition) is 0. The van der Waals surface area contributed by atoms with Crippen LogP contribution in [0.15, 0.2) is 18.2 Å². The van der Waals surface area contributed by atoms with E-state index in [2.05, 4.69) is 23.4 Å². The third kappa shape index (κ3) is 2.16. The zero-order valence-electron chi connectivity index (χ0n) is 12.6. The van der Waals surface area contributed by atoms with E-state index < -0.39 is 0 Å². The molecule has 1 aromatic carbocycles. The van der Waals surface area contributed by atoms with Gasteiger partial charge in [0.25, 0.3) is 0 Å². The molecule has 2 aromatic rings. The van der Waals surface area contributed by atoms with Crippen LogP contribution < -0.4 is 0 Å². The SMILES string of the molecule is COC1CC(n2c(CCCl)nc3c(F)cccc32)C1(C)C. The number of aryl methyl sites for hydroxylation is 1. The van der Waals surface area contributed by atoms with Crippen molar-refractivity contribution >= 4 is 22.6 Å². The number of rotatable bonds is 4. The highest BCUT2D eigenvalue weighted by Crippen LogP contribution is 2.52. The quantitative estimate of drug-likeness (QED) is 0.800. The van der Waals surface area contributed by atoms with Gasteiger partial charge in [-0.15, -0.1) is 11.6 Å². The average Bonchev–Trinajstić information content (AvgIpc) is 2.79. The highest BCUT2D eigenvalue weighted by Gasteiger charge is 2.50. The van der Waals surface area contributed by atoms with Gasteiger partial charge in [-0.25, -0.2) is 9.37 Å². The predicted octanol–water partition coefficient (Wildman–Crippen LogP) is 3.94. The fourth-order valence-electron chi connectivity index (χ4n) is 3.44. The van der Waals surface area contributed by atoms with Crippen LogP contribution in [0.1, 0.15) is 32.1 Å². The van der Waals surface area contributed by atoms with Crippen molar-refractivity contribution in [3.63, 3.8) is 0 Å². The Morgan fingerprint density at radius 3 is 2.86 bits per heavy atom. The Balaban J connectivity index is 2.13. The average molecular weight is 311 g/mol. The second-order valence-electron chi connectivity index (χ2n) is 6.24. The molecule has 2 atom stereocenters. The van der Waals surface area contributed by atoms with Crippen molar-refractivity contribution in [2.75, 3.05) is 13.0 Å². The van der Waals surface area contributed by atoms with Crippen molar-refractivity contribution < 1.29 is 9.13 Å². The molecule has 0 amide bonds. The standard InChI is InChI=1S/C16H20ClFN2O/c1-16(2)12(9-13(16)21-3)20-11-6-4-5-10(18)15(11)19-14(20)7-8-17/h4-6,12-13H,7-9H2,1-3H3. The lowest BCUT2D eigenvalue weighted by atomic mass is 9.64. The Bertz CT molecular complexity index is 668. The summed E-state index contributed by atoms with van der Waals surface area (Å²) < 4.78 is 21.7. The lowest BCUT2D eigenvalue weighted by molar-refractivity contribution is -0.112. The Kier molecular flexibility index (Phi) is 3.70. The van der Waals surface area contributed by atoms with Gasteiger partial charge in [-0.1, -0.05) is 19.9 Å². The number of para-hydroxylation sites is 1. The van der Waals surface area contributed by atoms with Crippen molar-refractivity contribution in [1.29, 1.82) is 0 Å². The number of imidazole rings is 1. The first-order valence-corrected chi connectivity index (χ1v) is 7.78. The molecule has 1 aromatic heterocycles. The lowest BCUT2D eigenvalue weighted by Gasteiger charge is -2.52. The van der Waals surface area contributed by atoms with E-state index in [0.29, 0.717) is 17.8 Å². The van der Waals surface area contributed by atoms with Crippen molar-refractivity contribution in [3.8, 4) is 0 Å². The van der Waals surface area contributed by atoms with Gasteiger partial charge in [0.2, 0.25) is 0 Å². The molecule has 1 heterocycles. The molecule has 0 spiro atoms. The number of benzene rings is 1. The minimum atomic E-state index is -0.275. The van der Waals surface area contributed by atoms with Crippen LogP contribution in [0.4, 0.5) is 4.39 Å². The summed E-state index contributed by atoms with van der Waals surface area (Å²) in [5.74, 6) is 1.06. The summed E-state index contributed by atoms with van der Waals surface area (Å²) in [5, 5.41) is 0. The number of methoxy groups -OCH3 is 1. The lowest BCUT2D eigenvalue weighted by Crippen LogP contribution is -2.51. The number of ether oxygens (including phenoxy) is 1. The molecule has 0 saturated heterocycles. The summed E-state index contributed by atoms with van der Waals surface area (Å²) in [4.78, 5) is 4.48. The van der Waals surface area contributed by atoms with Crippen LogP contribution in [0.25, 0.3) is 11.0 Å². The van der Waals surface area contributed by atoms with Crippen molar-refractivity contribution in [2.45, 2.75) is 38.8 Å². The van der Waals surface area contributed by atoms with Gasteiger partial charge in [0.05, 0.1) is 11.6 Å². The first-order chi connectivity index (χ1) is 10.0. The van der Waals surface area contributed by atoms with Crippen LogP contribution >= 0.6 is 11.6 Å². The Morgan fingerprint density at radius 2 is 2.24 bits per heavy atom. The Labute approximate surface area is 129 Å². The third-order valence-corrected chi connectivity index (χ3v) is 4.97. The monoisotopic (exact) mass is 310 g/mol. The van der Waals surface area contributed by atoms with E-state index in [4.69, 9.17) is 16.3 Å². The molecular formula is C16H20ClFN2O. The fourth-order valence-corrected chi connectivity index (χ4v) is 3.61. The van der Waals surface area contributed by atoms with Crippen LogP contribution in [0, 0.1) is 11.2 Å². The second kappa shape index (κ2) is 5.25. The van der Waals surface area contributed by atoms with E-state index in [-0.39, 0.29) is 23.4 Å². The highest BCUT2D eigenvalue weighted by molar-refractivity contribution is 6.17. The maximum absolute atomic E-state index is 14.0. The molecule has 21 heavy (non-hydrogen) atoms. The van der Waals surface area contributed by atoms with Crippen molar-refractivity contribution in [3.05, 3.63) is 29.8 Å². The molecule has 1 fully saturated rings. The molecular weight excluding hydrogens is 291 g/mol. The molecule has 0 bridgehead atoms. The fraction of sp³-hybridized carbons (Fsp3) is 0.562. The van der Waals surface area contributed by atoms with Gasteiger partial charge in [0.1, 0.15) is 11.3 Å². The van der Waals surface area contributed by atoms with Crippen molar-refractivity contribution in [2.24, 2.45) is 5.41 Å². The molecule has 1 saturated carbocycles. The smallest absolute Gasteiger partial charge is 0.151 e. The normalized spacial score (nSPS) is 24.2. The summed E-state index contributed by atoms with van der Waals surface area (Å²) in [7, 11) is 1.74. The van der Waals surface area contributed by atoms with Gasteiger partial charge in [-0.05, 0) is 18.6 Å². The maximum Gasteiger partial charge on any atom is 0.151 e. The van der Waals surface area contributed by atoms with E-state index in [1.54, 1.807) is 13.2 Å². The first-order valence-electron chi connectivity index (χ1n) is 7.24. The molecule has 2 unspecified atom stereocenters. The van der Waals surface area contributed by atoms with E-state index in [1.165, 1.54) is 6.07 Å². The highest BCUT2D eigenvalue weighted by atomic mass is 35.5. The van der Waals surface area contributed by atoms with Crippen molar-refractivity contribution in [1.82, 2.24) is 9.55 Å². The molecule has 1 aliphatic rings. The van der Waals surface area contributed by atoms with Crippen LogP contribution in [0.5, 0.6) is 0 Å². The first kappa shape index (κ1) is 14.8. The van der Waals surface area contributed by atoms with Crippen LogP contribution in [0.3, 0.4) is 0 Å². The molecule has 3 nitrogen and oxygen atoms in total. The van der Waals surface area contributed by atoms with E-state index in [0.717, 1.165) is 17.8 Å². The zero-order valence-corrected chi connectivity index (χ0v) is 13.3. The van der Waals surface area contributed by atoms with Crippen LogP contribution in [-0.2, 0) is 11.2 Å². The summed E-state index contributed by atoms with van der Waals surface area (Å²) in [5.41, 5.74) is 1.28. The van der Waals surface area contributed by atoms with E-state index in [9.17, 15) is 4.39 Å². The molecule has 1 aliphatic carbocycles.